The average Bonchev–Trinajstić information content (AvgIpc) is 4.01. The Labute approximate surface area is 461 Å². The molecule has 80 heavy (non-hydrogen) atoms. The fourth-order valence-corrected chi connectivity index (χ4v) is 11.6. The molecule has 0 radical (unpaired) electrons. The molecular weight excluding hydrogens is 1070 g/mol. The lowest BCUT2D eigenvalue weighted by Gasteiger charge is -2.34. The first-order chi connectivity index (χ1) is 37.9. The van der Waals surface area contributed by atoms with Crippen LogP contribution in [0.3, 0.4) is 0 Å². The zero-order valence-electron chi connectivity index (χ0n) is 44.5. The molecule has 4 aliphatic rings. The predicted molar refractivity (Wildman–Crippen MR) is 282 cm³/mol. The summed E-state index contributed by atoms with van der Waals surface area (Å²) in [5.74, 6) is -13.9. The second-order valence-corrected chi connectivity index (χ2v) is 22.2. The Hall–Kier alpha value is -7.44. The molecule has 0 aliphatic carbocycles. The number of hydrogen-bond acceptors (Lipinski definition) is 17. The van der Waals surface area contributed by atoms with Gasteiger partial charge in [0.25, 0.3) is 0 Å². The molecule has 440 valence electrons. The number of aliphatic hydroxyl groups is 3. The van der Waals surface area contributed by atoms with Crippen LogP contribution in [0.2, 0.25) is 0 Å². The molecule has 30 heteroatoms. The Morgan fingerprint density at radius 3 is 2.17 bits per heavy atom. The molecule has 16 N–H and O–H groups in total. The van der Waals surface area contributed by atoms with Gasteiger partial charge in [-0.05, 0) is 48.8 Å². The third-order valence-electron chi connectivity index (χ3n) is 15.0. The molecule has 1 aromatic carbocycles. The van der Waals surface area contributed by atoms with Crippen LogP contribution in [0.4, 0.5) is 5.69 Å². The zero-order chi connectivity index (χ0) is 58.7. The number of anilines is 1. The fraction of sp³-hybridized carbons (Fsp3) is 0.620. The SMILES string of the molecule is CC[C@H](C)[C@@H]1NC(=O)CNC(=O)[C@H]2Cc3c([nH]c4c(N5CCC(CCNC(=O)CCC(=O)O)CC5)c(O)ccc34)S(=O)C[C@@H](NC(=O)CNC1=O)C(=O)N[C@@H](CC(N)=O)C(=O)N1C[C@H](O)C[C@H]1C(=O)N[C@@H]([C@H](C)[C@H](O)CO)C(=O)N2. The van der Waals surface area contributed by atoms with Crippen molar-refractivity contribution in [1.82, 2.24) is 52.4 Å². The molecule has 1 unspecified atom stereocenters. The van der Waals surface area contributed by atoms with Crippen LogP contribution in [-0.4, -0.2) is 205 Å². The number of carboxylic acids is 1. The molecule has 2 bridgehead atoms. The van der Waals surface area contributed by atoms with Crippen molar-refractivity contribution in [3.8, 4) is 5.75 Å². The minimum atomic E-state index is -2.50. The van der Waals surface area contributed by atoms with Crippen molar-refractivity contribution in [2.45, 2.75) is 132 Å². The van der Waals surface area contributed by atoms with Crippen molar-refractivity contribution < 1.29 is 82.5 Å². The van der Waals surface area contributed by atoms with E-state index in [1.54, 1.807) is 13.8 Å². The summed E-state index contributed by atoms with van der Waals surface area (Å²) in [4.78, 5) is 155. The lowest BCUT2D eigenvalue weighted by Crippen LogP contribution is -2.62. The van der Waals surface area contributed by atoms with Crippen LogP contribution in [0, 0.1) is 17.8 Å². The van der Waals surface area contributed by atoms with Crippen molar-refractivity contribution >= 4 is 92.4 Å². The summed E-state index contributed by atoms with van der Waals surface area (Å²) in [5.41, 5.74) is 5.98. The van der Waals surface area contributed by atoms with Crippen LogP contribution in [0.15, 0.2) is 17.2 Å². The van der Waals surface area contributed by atoms with Gasteiger partial charge in [0.2, 0.25) is 59.1 Å². The maximum absolute atomic E-state index is 15.2. The summed E-state index contributed by atoms with van der Waals surface area (Å²) in [5, 5.41) is 72.4. The summed E-state index contributed by atoms with van der Waals surface area (Å²) in [7, 11) is -2.50. The van der Waals surface area contributed by atoms with Crippen LogP contribution in [0.25, 0.3) is 10.9 Å². The highest BCUT2D eigenvalue weighted by molar-refractivity contribution is 7.85. The van der Waals surface area contributed by atoms with Gasteiger partial charge in [-0.1, -0.05) is 27.2 Å². The zero-order valence-corrected chi connectivity index (χ0v) is 45.4. The molecule has 0 spiro atoms. The minimum absolute atomic E-state index is 0.0382. The van der Waals surface area contributed by atoms with E-state index in [1.165, 1.54) is 19.1 Å². The number of carbonyl (C=O) groups excluding carboxylic acids is 10. The molecule has 6 rings (SSSR count). The number of carboxylic acid groups (broad SMARTS) is 1. The van der Waals surface area contributed by atoms with E-state index in [0.29, 0.717) is 45.3 Å². The van der Waals surface area contributed by atoms with E-state index < -0.39 is 187 Å². The normalized spacial score (nSPS) is 26.5. The lowest BCUT2D eigenvalue weighted by molar-refractivity contribution is -0.144. The Bertz CT molecular complexity index is 2730. The number of fused-ring (bicyclic) bond motifs is 5. The van der Waals surface area contributed by atoms with E-state index in [1.807, 2.05) is 4.90 Å². The molecule has 2 saturated heterocycles. The van der Waals surface area contributed by atoms with Crippen molar-refractivity contribution in [1.29, 1.82) is 0 Å². The molecule has 29 nitrogen and oxygen atoms in total. The van der Waals surface area contributed by atoms with Gasteiger partial charge in [0.05, 0.1) is 66.8 Å². The number of aromatic amines is 1. The number of aliphatic carboxylic acids is 1. The number of primary amides is 1. The summed E-state index contributed by atoms with van der Waals surface area (Å²) in [6.45, 7) is 2.57. The molecule has 2 aromatic rings. The number of aliphatic hydroxyl groups excluding tert-OH is 3. The first kappa shape index (κ1) is 61.8. The first-order valence-electron chi connectivity index (χ1n) is 26.5. The molecule has 5 heterocycles. The number of rotatable bonds is 14. The van der Waals surface area contributed by atoms with Gasteiger partial charge in [0, 0.05) is 56.7 Å². The standard InChI is InChI=1S/C50H72N12O17S/c1-4-23(2)40-47(76)54-18-37(69)55-31-22-80(79)49-28(27-5-6-33(65)43(42(27)60-49)61-13-10-25(11-14-61)9-12-52-36(68)7-8-39(71)72)16-29(44(73)53-19-38(70)58-40)56-48(77)41(24(3)34(66)21-63)59-46(75)32-15-26(64)20-62(32)50(78)30(17-35(51)67)57-45(31)74/h5-6,23-26,29-32,34,40-41,60,63-66H,4,7-22H2,1-3H3,(H2,51,67)(H,52,68)(H,53,73)(H,54,76)(H,55,69)(H,56,77)(H,57,74)(H,58,70)(H,59,75)(H,71,72)/t23-,24+,26+,29+,30-,31+,32-,34+,40-,41-,80?/m0/s1. The van der Waals surface area contributed by atoms with Crippen molar-refractivity contribution in [3.05, 3.63) is 17.7 Å². The second-order valence-electron chi connectivity index (χ2n) is 20.7. The Kier molecular flexibility index (Phi) is 21.3. The van der Waals surface area contributed by atoms with Crippen molar-refractivity contribution in [3.63, 3.8) is 0 Å². The first-order valence-corrected chi connectivity index (χ1v) is 27.8. The van der Waals surface area contributed by atoms with Gasteiger partial charge < -0.3 is 88.6 Å². The van der Waals surface area contributed by atoms with Gasteiger partial charge in [-0.15, -0.1) is 0 Å². The highest BCUT2D eigenvalue weighted by Gasteiger charge is 2.45. The third kappa shape index (κ3) is 15.5. The fourth-order valence-electron chi connectivity index (χ4n) is 10.2. The number of nitrogens with zero attached hydrogens (tertiary/aromatic N) is 2. The number of nitrogens with two attached hydrogens (primary N) is 1. The molecule has 2 fully saturated rings. The summed E-state index contributed by atoms with van der Waals surface area (Å²) >= 11 is 0. The van der Waals surface area contributed by atoms with E-state index >= 15 is 4.21 Å². The molecule has 4 aliphatic heterocycles. The van der Waals surface area contributed by atoms with Crippen molar-refractivity contribution in [2.75, 3.05) is 56.5 Å². The van der Waals surface area contributed by atoms with E-state index in [9.17, 15) is 73.2 Å². The number of H-pyrrole nitrogens is 1. The Balaban J connectivity index is 1.51. The molecule has 11 atom stereocenters. The highest BCUT2D eigenvalue weighted by Crippen LogP contribution is 2.41. The highest BCUT2D eigenvalue weighted by atomic mass is 32.2. The minimum Gasteiger partial charge on any atom is -0.506 e. The molecular formula is C50H72N12O17S. The van der Waals surface area contributed by atoms with Gasteiger partial charge in [-0.2, -0.15) is 0 Å². The molecule has 0 saturated carbocycles. The van der Waals surface area contributed by atoms with Crippen LogP contribution >= 0.6 is 0 Å². The van der Waals surface area contributed by atoms with Crippen molar-refractivity contribution in [2.24, 2.45) is 23.5 Å². The number of aromatic hydroxyl groups is 1. The number of benzene rings is 1. The van der Waals surface area contributed by atoms with E-state index in [2.05, 4.69) is 47.5 Å². The van der Waals surface area contributed by atoms with Gasteiger partial charge >= 0.3 is 5.97 Å². The Morgan fingerprint density at radius 2 is 1.52 bits per heavy atom. The van der Waals surface area contributed by atoms with Gasteiger partial charge in [-0.25, -0.2) is 0 Å². The third-order valence-corrected chi connectivity index (χ3v) is 16.5. The maximum atomic E-state index is 15.2. The maximum Gasteiger partial charge on any atom is 0.303 e. The number of amides is 10. The van der Waals surface area contributed by atoms with E-state index in [0.717, 1.165) is 4.90 Å². The number of carbonyl (C=O) groups is 11. The number of nitrogens with one attached hydrogen (secondary N) is 9. The topological polar surface area (TPSA) is 451 Å². The summed E-state index contributed by atoms with van der Waals surface area (Å²) in [6.07, 6.45) is -3.47. The molecule has 1 aromatic heterocycles. The predicted octanol–water partition coefficient (Wildman–Crippen LogP) is -5.33. The number of piperidine rings is 1. The quantitative estimate of drug-likeness (QED) is 0.0840. The lowest BCUT2D eigenvalue weighted by atomic mass is 9.92. The largest absolute Gasteiger partial charge is 0.506 e. The Morgan fingerprint density at radius 1 is 0.850 bits per heavy atom. The summed E-state index contributed by atoms with van der Waals surface area (Å²) in [6, 6.07) is -7.51. The van der Waals surface area contributed by atoms with Crippen LogP contribution < -0.4 is 53.2 Å². The smallest absolute Gasteiger partial charge is 0.303 e. The van der Waals surface area contributed by atoms with Crippen LogP contribution in [-0.2, 0) is 70.0 Å². The van der Waals surface area contributed by atoms with E-state index in [4.69, 9.17) is 10.8 Å². The van der Waals surface area contributed by atoms with Gasteiger partial charge in [-0.3, -0.25) is 56.9 Å². The number of phenolic OH excluding ortho intramolecular Hbond substituents is 1. The number of aromatic nitrogens is 1. The van der Waals surface area contributed by atoms with Crippen LogP contribution in [0.1, 0.15) is 77.7 Å². The number of phenols is 1. The molecule has 10 amide bonds. The average molecular weight is 1150 g/mol. The van der Waals surface area contributed by atoms with Gasteiger partial charge in [0.15, 0.2) is 0 Å². The van der Waals surface area contributed by atoms with Gasteiger partial charge in [0.1, 0.15) is 52.7 Å². The summed E-state index contributed by atoms with van der Waals surface area (Å²) < 4.78 is 15.2. The van der Waals surface area contributed by atoms with Crippen LogP contribution in [0.5, 0.6) is 5.75 Å². The monoisotopic (exact) mass is 1140 g/mol. The van der Waals surface area contributed by atoms with E-state index in [-0.39, 0.29) is 51.7 Å². The second kappa shape index (κ2) is 27.6. The number of hydrogen-bond donors (Lipinski definition) is 15.